The monoisotopic (exact) mass is 152 g/mol. The maximum Gasteiger partial charge on any atom is 0.168 e. The molecule has 0 unspecified atom stereocenters. The van der Waals surface area contributed by atoms with Crippen LogP contribution in [0.25, 0.3) is 0 Å². The summed E-state index contributed by atoms with van der Waals surface area (Å²) >= 11 is 0. The van der Waals surface area contributed by atoms with Gasteiger partial charge in [0.15, 0.2) is 12.2 Å². The van der Waals surface area contributed by atoms with Crippen LogP contribution < -0.4 is 0 Å². The molecule has 0 aliphatic carbocycles. The minimum Gasteiger partial charge on any atom is -0.207 e. The molecule has 0 N–H and O–H groups in total. The molecule has 1 nitrogen and oxygen atoms in total. The maximum absolute atomic E-state index is 2.30. The van der Waals surface area contributed by atoms with E-state index in [1.54, 1.807) is 5.57 Å². The van der Waals surface area contributed by atoms with Crippen molar-refractivity contribution in [3.05, 3.63) is 11.8 Å². The van der Waals surface area contributed by atoms with Crippen molar-refractivity contribution in [1.29, 1.82) is 0 Å². The Morgan fingerprint density at radius 2 is 1.91 bits per heavy atom. The Labute approximate surface area is 69.4 Å². The lowest BCUT2D eigenvalue weighted by atomic mass is 10.0. The van der Waals surface area contributed by atoms with Crippen LogP contribution in [0.3, 0.4) is 0 Å². The molecule has 11 heavy (non-hydrogen) atoms. The van der Waals surface area contributed by atoms with Crippen LogP contribution in [0.5, 0.6) is 0 Å². The zero-order valence-electron chi connectivity index (χ0n) is 7.96. The van der Waals surface area contributed by atoms with E-state index in [0.717, 1.165) is 6.42 Å². The molecule has 1 aliphatic rings. The number of rotatable bonds is 2. The fourth-order valence-electron chi connectivity index (χ4n) is 1.25. The molecule has 0 fully saturated rings. The largest absolute Gasteiger partial charge is 0.207 e. The highest BCUT2D eigenvalue weighted by Gasteiger charge is 2.17. The second-order valence-electron chi connectivity index (χ2n) is 3.79. The van der Waals surface area contributed by atoms with Gasteiger partial charge < -0.3 is 0 Å². The highest BCUT2D eigenvalue weighted by atomic mass is 15.0. The van der Waals surface area contributed by atoms with Gasteiger partial charge in [0.1, 0.15) is 6.21 Å². The van der Waals surface area contributed by atoms with Crippen molar-refractivity contribution >= 4 is 6.21 Å². The molecule has 0 aromatic heterocycles. The molecular formula is C10H18N+. The fraction of sp³-hybridized carbons (Fsp3) is 0.700. The molecule has 0 aromatic rings. The summed E-state index contributed by atoms with van der Waals surface area (Å²) in [5, 5.41) is 0. The highest BCUT2D eigenvalue weighted by Crippen LogP contribution is 2.17. The molecule has 0 radical (unpaired) electrons. The first-order valence-corrected chi connectivity index (χ1v) is 4.42. The van der Waals surface area contributed by atoms with E-state index >= 15 is 0 Å². The van der Waals surface area contributed by atoms with E-state index in [-0.39, 0.29) is 0 Å². The summed E-state index contributed by atoms with van der Waals surface area (Å²) < 4.78 is 2.30. The Hall–Kier alpha value is -0.590. The van der Waals surface area contributed by atoms with Crippen molar-refractivity contribution in [1.82, 2.24) is 0 Å². The van der Waals surface area contributed by atoms with Crippen molar-refractivity contribution in [3.8, 4) is 0 Å². The van der Waals surface area contributed by atoms with Gasteiger partial charge in [-0.1, -0.05) is 13.8 Å². The summed E-state index contributed by atoms with van der Waals surface area (Å²) in [6.07, 6.45) is 5.71. The van der Waals surface area contributed by atoms with Gasteiger partial charge in [0, 0.05) is 5.57 Å². The zero-order valence-corrected chi connectivity index (χ0v) is 7.96. The minimum absolute atomic E-state index is 0.617. The molecule has 0 bridgehead atoms. The molecule has 1 aliphatic heterocycles. The Morgan fingerprint density at radius 1 is 1.27 bits per heavy atom. The number of hydrogen-bond acceptors (Lipinski definition) is 0. The first kappa shape index (κ1) is 8.51. The molecule has 62 valence electrons. The Kier molecular flexibility index (Phi) is 2.48. The minimum atomic E-state index is 0.617. The van der Waals surface area contributed by atoms with Crippen LogP contribution in [0.15, 0.2) is 11.8 Å². The van der Waals surface area contributed by atoms with Crippen LogP contribution in [-0.4, -0.2) is 16.8 Å². The molecule has 0 saturated heterocycles. The third-order valence-electron chi connectivity index (χ3n) is 2.19. The van der Waals surface area contributed by atoms with Gasteiger partial charge in [-0.3, -0.25) is 0 Å². The van der Waals surface area contributed by atoms with Gasteiger partial charge >= 0.3 is 0 Å². The number of nitrogens with zero attached hydrogens (tertiary/aromatic N) is 1. The topological polar surface area (TPSA) is 3.01 Å². The normalized spacial score (nSPS) is 17.6. The third-order valence-corrected chi connectivity index (χ3v) is 2.19. The van der Waals surface area contributed by atoms with Crippen molar-refractivity contribution in [2.75, 3.05) is 0 Å². The molecule has 0 saturated carbocycles. The van der Waals surface area contributed by atoms with Gasteiger partial charge in [-0.15, -0.1) is 0 Å². The van der Waals surface area contributed by atoms with E-state index in [4.69, 9.17) is 0 Å². The first-order valence-electron chi connectivity index (χ1n) is 4.42. The summed E-state index contributed by atoms with van der Waals surface area (Å²) in [5.41, 5.74) is 1.55. The van der Waals surface area contributed by atoms with Gasteiger partial charge in [0.05, 0.1) is 6.42 Å². The summed E-state index contributed by atoms with van der Waals surface area (Å²) in [7, 11) is 0. The lowest BCUT2D eigenvalue weighted by Gasteiger charge is -2.00. The van der Waals surface area contributed by atoms with Gasteiger partial charge in [-0.25, -0.2) is 4.58 Å². The Bertz CT molecular complexity index is 197. The average molecular weight is 152 g/mol. The van der Waals surface area contributed by atoms with E-state index in [0.29, 0.717) is 12.0 Å². The lowest BCUT2D eigenvalue weighted by Crippen LogP contribution is -2.12. The van der Waals surface area contributed by atoms with Crippen LogP contribution in [-0.2, 0) is 0 Å². The maximum atomic E-state index is 2.30. The molecule has 1 rings (SSSR count). The second-order valence-corrected chi connectivity index (χ2v) is 3.79. The molecule has 1 heterocycles. The van der Waals surface area contributed by atoms with E-state index in [2.05, 4.69) is 44.7 Å². The van der Waals surface area contributed by atoms with E-state index in [1.807, 2.05) is 0 Å². The molecular weight excluding hydrogens is 134 g/mol. The summed E-state index contributed by atoms with van der Waals surface area (Å²) in [5.74, 6) is 0.704. The molecule has 0 amide bonds. The predicted octanol–water partition coefficient (Wildman–Crippen LogP) is 2.42. The molecule has 0 atom stereocenters. The van der Waals surface area contributed by atoms with Gasteiger partial charge in [-0.2, -0.15) is 0 Å². The predicted molar refractivity (Wildman–Crippen MR) is 49.0 cm³/mol. The summed E-state index contributed by atoms with van der Waals surface area (Å²) in [4.78, 5) is 0. The standard InChI is InChI=1S/C10H18N/c1-8(2)10-5-6-11(7-10)9(3)4/h6-9H,5H2,1-4H3/q+1. The van der Waals surface area contributed by atoms with Crippen LogP contribution >= 0.6 is 0 Å². The molecule has 0 aromatic carbocycles. The van der Waals surface area contributed by atoms with Gasteiger partial charge in [0.25, 0.3) is 0 Å². The summed E-state index contributed by atoms with van der Waals surface area (Å²) in [6, 6.07) is 0.617. The van der Waals surface area contributed by atoms with Crippen molar-refractivity contribution in [2.24, 2.45) is 5.92 Å². The lowest BCUT2D eigenvalue weighted by molar-refractivity contribution is -0.484. The quantitative estimate of drug-likeness (QED) is 0.535. The van der Waals surface area contributed by atoms with Gasteiger partial charge in [-0.05, 0) is 19.8 Å². The van der Waals surface area contributed by atoms with Crippen molar-refractivity contribution in [2.45, 2.75) is 40.2 Å². The van der Waals surface area contributed by atoms with Crippen molar-refractivity contribution in [3.63, 3.8) is 0 Å². The van der Waals surface area contributed by atoms with Crippen LogP contribution in [0.2, 0.25) is 0 Å². The number of allylic oxidation sites excluding steroid dienone is 1. The molecule has 0 spiro atoms. The van der Waals surface area contributed by atoms with E-state index in [1.165, 1.54) is 0 Å². The average Bonchev–Trinajstić information content (AvgIpc) is 2.33. The first-order chi connectivity index (χ1) is 5.11. The van der Waals surface area contributed by atoms with E-state index in [9.17, 15) is 0 Å². The van der Waals surface area contributed by atoms with Crippen molar-refractivity contribution < 1.29 is 4.58 Å². The van der Waals surface area contributed by atoms with E-state index < -0.39 is 0 Å². The van der Waals surface area contributed by atoms with Gasteiger partial charge in [0.2, 0.25) is 0 Å². The Balaban J connectivity index is 2.63. The third kappa shape index (κ3) is 1.92. The zero-order chi connectivity index (χ0) is 8.43. The van der Waals surface area contributed by atoms with Crippen LogP contribution in [0, 0.1) is 5.92 Å². The Morgan fingerprint density at radius 3 is 2.18 bits per heavy atom. The smallest absolute Gasteiger partial charge is 0.168 e. The fourth-order valence-corrected chi connectivity index (χ4v) is 1.25. The highest BCUT2D eigenvalue weighted by molar-refractivity contribution is 5.58. The van der Waals surface area contributed by atoms with Crippen LogP contribution in [0.1, 0.15) is 34.1 Å². The number of hydrogen-bond donors (Lipinski definition) is 0. The van der Waals surface area contributed by atoms with Crippen LogP contribution in [0.4, 0.5) is 0 Å². The SMILES string of the molecule is CC(C)C1=C[N+](C(C)C)=CC1. The second kappa shape index (κ2) is 3.21. The molecule has 1 heteroatoms. The summed E-state index contributed by atoms with van der Waals surface area (Å²) in [6.45, 7) is 8.94.